The van der Waals surface area contributed by atoms with E-state index in [9.17, 15) is 4.39 Å². The summed E-state index contributed by atoms with van der Waals surface area (Å²) >= 11 is 0. The van der Waals surface area contributed by atoms with Gasteiger partial charge in [0.05, 0.1) is 0 Å². The Hall–Kier alpha value is -0.960. The summed E-state index contributed by atoms with van der Waals surface area (Å²) in [6, 6.07) is 1.75. The number of pyridine rings is 1. The standard InChI is InChI=1S/C8H11FN2/c1-6-2-7(5-11-4-6)8(9)3-10/h2,4-5,8H,3,10H2,1H3. The molecule has 0 aliphatic rings. The third-order valence-corrected chi connectivity index (χ3v) is 1.46. The maximum absolute atomic E-state index is 12.9. The third-order valence-electron chi connectivity index (χ3n) is 1.46. The van der Waals surface area contributed by atoms with Gasteiger partial charge in [-0.3, -0.25) is 4.98 Å². The molecule has 1 atom stereocenters. The van der Waals surface area contributed by atoms with Crippen molar-refractivity contribution in [3.8, 4) is 0 Å². The molecule has 2 N–H and O–H groups in total. The summed E-state index contributed by atoms with van der Waals surface area (Å²) in [5, 5.41) is 0. The van der Waals surface area contributed by atoms with Crippen LogP contribution in [-0.4, -0.2) is 11.5 Å². The first-order chi connectivity index (χ1) is 5.24. The number of halogens is 1. The third kappa shape index (κ3) is 1.98. The van der Waals surface area contributed by atoms with Crippen molar-refractivity contribution in [3.63, 3.8) is 0 Å². The molecule has 1 rings (SSSR count). The summed E-state index contributed by atoms with van der Waals surface area (Å²) in [6.45, 7) is 1.89. The molecule has 11 heavy (non-hydrogen) atoms. The van der Waals surface area contributed by atoms with Crippen LogP contribution >= 0.6 is 0 Å². The van der Waals surface area contributed by atoms with E-state index in [2.05, 4.69) is 4.98 Å². The number of nitrogens with two attached hydrogens (primary N) is 1. The highest BCUT2D eigenvalue weighted by Crippen LogP contribution is 2.14. The van der Waals surface area contributed by atoms with Crippen LogP contribution in [-0.2, 0) is 0 Å². The van der Waals surface area contributed by atoms with E-state index in [0.29, 0.717) is 5.56 Å². The van der Waals surface area contributed by atoms with Gasteiger partial charge in [-0.1, -0.05) is 6.07 Å². The van der Waals surface area contributed by atoms with E-state index >= 15 is 0 Å². The van der Waals surface area contributed by atoms with Crippen molar-refractivity contribution < 1.29 is 4.39 Å². The number of aromatic nitrogens is 1. The van der Waals surface area contributed by atoms with Gasteiger partial charge in [0.25, 0.3) is 0 Å². The first-order valence-corrected chi connectivity index (χ1v) is 3.49. The fraction of sp³-hybridized carbons (Fsp3) is 0.375. The lowest BCUT2D eigenvalue weighted by Crippen LogP contribution is -2.07. The minimum absolute atomic E-state index is 0.0190. The predicted octanol–water partition coefficient (Wildman–Crippen LogP) is 1.36. The molecule has 0 bridgehead atoms. The van der Waals surface area contributed by atoms with Crippen LogP contribution in [0.4, 0.5) is 4.39 Å². The number of alkyl halides is 1. The lowest BCUT2D eigenvalue weighted by molar-refractivity contribution is 0.352. The minimum atomic E-state index is -1.08. The highest BCUT2D eigenvalue weighted by atomic mass is 19.1. The Balaban J connectivity index is 2.86. The van der Waals surface area contributed by atoms with Gasteiger partial charge in [-0.25, -0.2) is 4.39 Å². The van der Waals surface area contributed by atoms with Crippen molar-refractivity contribution in [3.05, 3.63) is 29.6 Å². The van der Waals surface area contributed by atoms with E-state index in [1.165, 1.54) is 6.20 Å². The maximum atomic E-state index is 12.9. The lowest BCUT2D eigenvalue weighted by atomic mass is 10.1. The van der Waals surface area contributed by atoms with Crippen LogP contribution < -0.4 is 5.73 Å². The van der Waals surface area contributed by atoms with Gasteiger partial charge in [-0.15, -0.1) is 0 Å². The second-order valence-electron chi connectivity index (χ2n) is 2.50. The van der Waals surface area contributed by atoms with Crippen LogP contribution in [0.1, 0.15) is 17.3 Å². The van der Waals surface area contributed by atoms with Crippen LogP contribution in [0.15, 0.2) is 18.5 Å². The summed E-state index contributed by atoms with van der Waals surface area (Å²) in [6.07, 6.45) is 2.11. The Kier molecular flexibility index (Phi) is 2.54. The molecule has 0 amide bonds. The Morgan fingerprint density at radius 3 is 2.91 bits per heavy atom. The summed E-state index contributed by atoms with van der Waals surface area (Å²) in [4.78, 5) is 3.86. The predicted molar refractivity (Wildman–Crippen MR) is 41.9 cm³/mol. The molecule has 0 aliphatic heterocycles. The molecule has 1 heterocycles. The number of rotatable bonds is 2. The molecule has 1 aromatic rings. The number of nitrogens with zero attached hydrogens (tertiary/aromatic N) is 1. The summed E-state index contributed by atoms with van der Waals surface area (Å²) in [7, 11) is 0. The van der Waals surface area contributed by atoms with Crippen LogP contribution in [0.5, 0.6) is 0 Å². The van der Waals surface area contributed by atoms with Gasteiger partial charge >= 0.3 is 0 Å². The fourth-order valence-electron chi connectivity index (χ4n) is 0.886. The lowest BCUT2D eigenvalue weighted by Gasteiger charge is -2.04. The van der Waals surface area contributed by atoms with Gasteiger partial charge < -0.3 is 5.73 Å². The normalized spacial score (nSPS) is 13.0. The maximum Gasteiger partial charge on any atom is 0.139 e. The average molecular weight is 154 g/mol. The zero-order chi connectivity index (χ0) is 8.27. The van der Waals surface area contributed by atoms with Gasteiger partial charge in [0.2, 0.25) is 0 Å². The van der Waals surface area contributed by atoms with E-state index in [-0.39, 0.29) is 6.54 Å². The van der Waals surface area contributed by atoms with Crippen molar-refractivity contribution in [2.75, 3.05) is 6.54 Å². The van der Waals surface area contributed by atoms with Crippen molar-refractivity contribution in [1.29, 1.82) is 0 Å². The quantitative estimate of drug-likeness (QED) is 0.698. The molecular weight excluding hydrogens is 143 g/mol. The van der Waals surface area contributed by atoms with Crippen LogP contribution in [0, 0.1) is 6.92 Å². The van der Waals surface area contributed by atoms with Crippen molar-refractivity contribution in [1.82, 2.24) is 4.98 Å². The topological polar surface area (TPSA) is 38.9 Å². The molecule has 60 valence electrons. The Morgan fingerprint density at radius 1 is 1.64 bits per heavy atom. The van der Waals surface area contributed by atoms with Gasteiger partial charge in [-0.2, -0.15) is 0 Å². The summed E-state index contributed by atoms with van der Waals surface area (Å²) in [5.41, 5.74) is 6.67. The molecule has 0 saturated carbocycles. The minimum Gasteiger partial charge on any atom is -0.327 e. The van der Waals surface area contributed by atoms with Crippen LogP contribution in [0.2, 0.25) is 0 Å². The zero-order valence-corrected chi connectivity index (χ0v) is 6.42. The number of aryl methyl sites for hydroxylation is 1. The molecular formula is C8H11FN2. The smallest absolute Gasteiger partial charge is 0.139 e. The molecule has 0 saturated heterocycles. The Bertz CT molecular complexity index is 237. The average Bonchev–Trinajstić information content (AvgIpc) is 2.03. The van der Waals surface area contributed by atoms with E-state index in [4.69, 9.17) is 5.73 Å². The molecule has 2 nitrogen and oxygen atoms in total. The van der Waals surface area contributed by atoms with Crippen molar-refractivity contribution in [2.45, 2.75) is 13.1 Å². The van der Waals surface area contributed by atoms with Gasteiger partial charge in [0.15, 0.2) is 0 Å². The molecule has 0 aromatic carbocycles. The molecule has 0 aliphatic carbocycles. The second-order valence-corrected chi connectivity index (χ2v) is 2.50. The SMILES string of the molecule is Cc1cncc(C(F)CN)c1. The monoisotopic (exact) mass is 154 g/mol. The van der Waals surface area contributed by atoms with Crippen molar-refractivity contribution >= 4 is 0 Å². The van der Waals surface area contributed by atoms with Crippen molar-refractivity contribution in [2.24, 2.45) is 5.73 Å². The van der Waals surface area contributed by atoms with Gasteiger partial charge in [0, 0.05) is 24.5 Å². The molecule has 1 unspecified atom stereocenters. The largest absolute Gasteiger partial charge is 0.327 e. The zero-order valence-electron chi connectivity index (χ0n) is 6.42. The number of hydrogen-bond donors (Lipinski definition) is 1. The van der Waals surface area contributed by atoms with E-state index in [1.54, 1.807) is 12.3 Å². The molecule has 3 heteroatoms. The van der Waals surface area contributed by atoms with E-state index < -0.39 is 6.17 Å². The first kappa shape index (κ1) is 8.14. The Labute approximate surface area is 65.3 Å². The molecule has 1 aromatic heterocycles. The van der Waals surface area contributed by atoms with Gasteiger partial charge in [0.1, 0.15) is 6.17 Å². The van der Waals surface area contributed by atoms with Crippen LogP contribution in [0.3, 0.4) is 0 Å². The first-order valence-electron chi connectivity index (χ1n) is 3.49. The van der Waals surface area contributed by atoms with Crippen LogP contribution in [0.25, 0.3) is 0 Å². The highest BCUT2D eigenvalue weighted by Gasteiger charge is 2.06. The second kappa shape index (κ2) is 3.44. The molecule has 0 spiro atoms. The summed E-state index contributed by atoms with van der Waals surface area (Å²) < 4.78 is 12.9. The van der Waals surface area contributed by atoms with Gasteiger partial charge in [-0.05, 0) is 12.5 Å². The summed E-state index contributed by atoms with van der Waals surface area (Å²) in [5.74, 6) is 0. The molecule has 0 fully saturated rings. The molecule has 0 radical (unpaired) electrons. The fourth-order valence-corrected chi connectivity index (χ4v) is 0.886. The van der Waals surface area contributed by atoms with E-state index in [0.717, 1.165) is 5.56 Å². The highest BCUT2D eigenvalue weighted by molar-refractivity contribution is 5.18. The number of hydrogen-bond acceptors (Lipinski definition) is 2. The van der Waals surface area contributed by atoms with E-state index in [1.807, 2.05) is 6.92 Å². The Morgan fingerprint density at radius 2 is 2.36 bits per heavy atom.